The van der Waals surface area contributed by atoms with Gasteiger partial charge in [0.25, 0.3) is 0 Å². The van der Waals surface area contributed by atoms with Gasteiger partial charge in [0.15, 0.2) is 11.5 Å². The molecule has 0 bridgehead atoms. The number of hydrogen-bond donors (Lipinski definition) is 1. The number of ether oxygens (including phenoxy) is 3. The van der Waals surface area contributed by atoms with Crippen molar-refractivity contribution < 1.29 is 14.2 Å². The molecule has 0 unspecified atom stereocenters. The van der Waals surface area contributed by atoms with Gasteiger partial charge in [0, 0.05) is 6.04 Å². The normalized spacial score (nSPS) is 22.4. The first-order valence-corrected chi connectivity index (χ1v) is 5.59. The molecule has 3 rings (SSSR count). The van der Waals surface area contributed by atoms with Crippen LogP contribution in [-0.2, 0) is 0 Å². The summed E-state index contributed by atoms with van der Waals surface area (Å²) in [5.74, 6) is 2.28. The third-order valence-electron chi connectivity index (χ3n) is 3.14. The molecule has 2 heterocycles. The predicted molar refractivity (Wildman–Crippen MR) is 59.1 cm³/mol. The van der Waals surface area contributed by atoms with Crippen LogP contribution in [0.5, 0.6) is 17.2 Å². The Bertz CT molecular complexity index is 399. The Morgan fingerprint density at radius 2 is 2.31 bits per heavy atom. The predicted octanol–water partition coefficient (Wildman–Crippen LogP) is 1.85. The van der Waals surface area contributed by atoms with Crippen LogP contribution in [0.25, 0.3) is 0 Å². The first-order valence-electron chi connectivity index (χ1n) is 5.59. The smallest absolute Gasteiger partial charge is 0.231 e. The van der Waals surface area contributed by atoms with E-state index in [1.54, 1.807) is 7.11 Å². The van der Waals surface area contributed by atoms with Crippen LogP contribution in [0.3, 0.4) is 0 Å². The molecule has 1 aromatic rings. The van der Waals surface area contributed by atoms with Gasteiger partial charge in [0.05, 0.1) is 7.11 Å². The van der Waals surface area contributed by atoms with Gasteiger partial charge >= 0.3 is 0 Å². The Kier molecular flexibility index (Phi) is 2.36. The second kappa shape index (κ2) is 3.87. The number of nitrogens with one attached hydrogen (secondary N) is 1. The van der Waals surface area contributed by atoms with E-state index in [0.29, 0.717) is 6.04 Å². The van der Waals surface area contributed by atoms with E-state index in [2.05, 4.69) is 5.32 Å². The topological polar surface area (TPSA) is 39.7 Å². The number of fused-ring (bicyclic) bond motifs is 1. The fourth-order valence-corrected chi connectivity index (χ4v) is 2.32. The first-order chi connectivity index (χ1) is 7.88. The van der Waals surface area contributed by atoms with Crippen LogP contribution in [0.4, 0.5) is 0 Å². The molecule has 4 heteroatoms. The van der Waals surface area contributed by atoms with E-state index in [9.17, 15) is 0 Å². The van der Waals surface area contributed by atoms with Crippen LogP contribution >= 0.6 is 0 Å². The molecule has 0 amide bonds. The lowest BCUT2D eigenvalue weighted by atomic mass is 10.0. The fourth-order valence-electron chi connectivity index (χ4n) is 2.32. The van der Waals surface area contributed by atoms with Gasteiger partial charge in [-0.3, -0.25) is 0 Å². The van der Waals surface area contributed by atoms with Crippen molar-refractivity contribution in [1.29, 1.82) is 0 Å². The zero-order valence-corrected chi connectivity index (χ0v) is 9.29. The van der Waals surface area contributed by atoms with Gasteiger partial charge in [0.1, 0.15) is 0 Å². The van der Waals surface area contributed by atoms with Gasteiger partial charge in [-0.25, -0.2) is 0 Å². The fraction of sp³-hybridized carbons (Fsp3) is 0.500. The van der Waals surface area contributed by atoms with Gasteiger partial charge < -0.3 is 19.5 Å². The van der Waals surface area contributed by atoms with E-state index < -0.39 is 0 Å². The Morgan fingerprint density at radius 1 is 1.38 bits per heavy atom. The Balaban J connectivity index is 2.00. The highest BCUT2D eigenvalue weighted by molar-refractivity contribution is 5.55. The quantitative estimate of drug-likeness (QED) is 0.827. The maximum absolute atomic E-state index is 5.41. The minimum atomic E-state index is 0.285. The summed E-state index contributed by atoms with van der Waals surface area (Å²) in [5, 5.41) is 3.46. The molecule has 4 nitrogen and oxygen atoms in total. The van der Waals surface area contributed by atoms with Gasteiger partial charge in [-0.1, -0.05) is 0 Å². The SMILES string of the molecule is COc1cc([C@@H]2CCCN2)cc2c1OCO2. The van der Waals surface area contributed by atoms with Crippen LogP contribution in [-0.4, -0.2) is 20.4 Å². The molecular formula is C12H15NO3. The molecule has 86 valence electrons. The first kappa shape index (κ1) is 9.78. The summed E-state index contributed by atoms with van der Waals surface area (Å²) in [7, 11) is 1.66. The Morgan fingerprint density at radius 3 is 3.06 bits per heavy atom. The summed E-state index contributed by atoms with van der Waals surface area (Å²) in [4.78, 5) is 0. The molecule has 1 atom stereocenters. The largest absolute Gasteiger partial charge is 0.493 e. The van der Waals surface area contributed by atoms with Crippen LogP contribution in [0, 0.1) is 0 Å². The van der Waals surface area contributed by atoms with E-state index in [4.69, 9.17) is 14.2 Å². The summed E-state index contributed by atoms with van der Waals surface area (Å²) in [6.07, 6.45) is 2.39. The minimum absolute atomic E-state index is 0.285. The lowest BCUT2D eigenvalue weighted by Crippen LogP contribution is -2.12. The van der Waals surface area contributed by atoms with E-state index in [0.717, 1.165) is 23.8 Å². The second-order valence-electron chi connectivity index (χ2n) is 4.11. The molecule has 0 saturated carbocycles. The molecule has 1 N–H and O–H groups in total. The van der Waals surface area contributed by atoms with Gasteiger partial charge in [-0.05, 0) is 37.1 Å². The van der Waals surface area contributed by atoms with Gasteiger partial charge in [-0.2, -0.15) is 0 Å². The van der Waals surface area contributed by atoms with Crippen LogP contribution in [0.15, 0.2) is 12.1 Å². The summed E-state index contributed by atoms with van der Waals surface area (Å²) in [5.41, 5.74) is 1.22. The zero-order chi connectivity index (χ0) is 11.0. The van der Waals surface area contributed by atoms with Gasteiger partial charge in [-0.15, -0.1) is 0 Å². The van der Waals surface area contributed by atoms with Crippen molar-refractivity contribution in [3.05, 3.63) is 17.7 Å². The summed E-state index contributed by atoms with van der Waals surface area (Å²) < 4.78 is 16.1. The summed E-state index contributed by atoms with van der Waals surface area (Å²) >= 11 is 0. The third kappa shape index (κ3) is 1.50. The average Bonchev–Trinajstić information content (AvgIpc) is 2.97. The molecule has 16 heavy (non-hydrogen) atoms. The van der Waals surface area contributed by atoms with Crippen molar-refractivity contribution in [2.24, 2.45) is 0 Å². The molecule has 1 saturated heterocycles. The number of rotatable bonds is 2. The van der Waals surface area contributed by atoms with E-state index in [1.165, 1.54) is 18.4 Å². The molecule has 0 aliphatic carbocycles. The Labute approximate surface area is 94.5 Å². The molecular weight excluding hydrogens is 206 g/mol. The zero-order valence-electron chi connectivity index (χ0n) is 9.29. The van der Waals surface area contributed by atoms with E-state index in [-0.39, 0.29) is 6.79 Å². The average molecular weight is 221 g/mol. The highest BCUT2D eigenvalue weighted by Crippen LogP contribution is 2.43. The van der Waals surface area contributed by atoms with Crippen molar-refractivity contribution in [2.45, 2.75) is 18.9 Å². The van der Waals surface area contributed by atoms with Crippen LogP contribution < -0.4 is 19.5 Å². The number of hydrogen-bond acceptors (Lipinski definition) is 4. The van der Waals surface area contributed by atoms with Crippen molar-refractivity contribution in [1.82, 2.24) is 5.32 Å². The molecule has 2 aliphatic rings. The second-order valence-corrected chi connectivity index (χ2v) is 4.11. The number of benzene rings is 1. The molecule has 1 fully saturated rings. The van der Waals surface area contributed by atoms with Crippen molar-refractivity contribution in [3.8, 4) is 17.2 Å². The highest BCUT2D eigenvalue weighted by Gasteiger charge is 2.24. The molecule has 0 aromatic heterocycles. The van der Waals surface area contributed by atoms with E-state index >= 15 is 0 Å². The maximum Gasteiger partial charge on any atom is 0.231 e. The molecule has 0 spiro atoms. The molecule has 1 aromatic carbocycles. The minimum Gasteiger partial charge on any atom is -0.493 e. The maximum atomic E-state index is 5.41. The molecule has 0 radical (unpaired) electrons. The molecule has 2 aliphatic heterocycles. The van der Waals surface area contributed by atoms with Crippen molar-refractivity contribution in [2.75, 3.05) is 20.4 Å². The van der Waals surface area contributed by atoms with Crippen molar-refractivity contribution in [3.63, 3.8) is 0 Å². The summed E-state index contributed by atoms with van der Waals surface area (Å²) in [6, 6.07) is 4.51. The van der Waals surface area contributed by atoms with Crippen LogP contribution in [0.2, 0.25) is 0 Å². The third-order valence-corrected chi connectivity index (χ3v) is 3.14. The Hall–Kier alpha value is -1.42. The standard InChI is InChI=1S/C12H15NO3/c1-14-10-5-8(9-3-2-4-13-9)6-11-12(10)16-7-15-11/h5-6,9,13H,2-4,7H2,1H3/t9-/m0/s1. The lowest BCUT2D eigenvalue weighted by molar-refractivity contribution is 0.171. The number of methoxy groups -OCH3 is 1. The van der Waals surface area contributed by atoms with Crippen LogP contribution in [0.1, 0.15) is 24.4 Å². The van der Waals surface area contributed by atoms with E-state index in [1.807, 2.05) is 12.1 Å². The lowest BCUT2D eigenvalue weighted by Gasteiger charge is -2.13. The summed E-state index contributed by atoms with van der Waals surface area (Å²) in [6.45, 7) is 1.37. The monoisotopic (exact) mass is 221 g/mol. The van der Waals surface area contributed by atoms with Crippen molar-refractivity contribution >= 4 is 0 Å². The van der Waals surface area contributed by atoms with Gasteiger partial charge in [0.2, 0.25) is 12.5 Å². The highest BCUT2D eigenvalue weighted by atomic mass is 16.7.